The topological polar surface area (TPSA) is 61.0 Å². The summed E-state index contributed by atoms with van der Waals surface area (Å²) in [7, 11) is 0. The summed E-state index contributed by atoms with van der Waals surface area (Å²) < 4.78 is 5.22. The molecule has 0 aliphatic heterocycles. The van der Waals surface area contributed by atoms with Crippen molar-refractivity contribution in [3.63, 3.8) is 0 Å². The van der Waals surface area contributed by atoms with Crippen molar-refractivity contribution in [3.05, 3.63) is 17.5 Å². The molecular formula is C8H13N3O. The van der Waals surface area contributed by atoms with E-state index in [1.54, 1.807) is 6.20 Å². The molecule has 12 heavy (non-hydrogen) atoms. The third kappa shape index (κ3) is 2.17. The molecule has 0 atom stereocenters. The normalized spacial score (nSPS) is 10.2. The minimum Gasteiger partial charge on any atom is -0.377 e. The highest BCUT2D eigenvalue weighted by atomic mass is 16.5. The van der Waals surface area contributed by atoms with E-state index in [0.717, 1.165) is 11.3 Å². The van der Waals surface area contributed by atoms with Gasteiger partial charge in [0.2, 0.25) is 5.95 Å². The Morgan fingerprint density at radius 2 is 2.33 bits per heavy atom. The molecule has 0 spiro atoms. The zero-order valence-electron chi connectivity index (χ0n) is 7.37. The van der Waals surface area contributed by atoms with Crippen molar-refractivity contribution in [1.29, 1.82) is 0 Å². The third-order valence-electron chi connectivity index (χ3n) is 1.56. The average Bonchev–Trinajstić information content (AvgIpc) is 2.03. The molecule has 0 bridgehead atoms. The van der Waals surface area contributed by atoms with E-state index in [0.29, 0.717) is 19.2 Å². The van der Waals surface area contributed by atoms with E-state index in [1.165, 1.54) is 0 Å². The molecule has 0 aromatic carbocycles. The Bertz CT molecular complexity index is 262. The van der Waals surface area contributed by atoms with Crippen LogP contribution in [0.15, 0.2) is 6.20 Å². The van der Waals surface area contributed by atoms with Gasteiger partial charge in [-0.1, -0.05) is 0 Å². The standard InChI is InChI=1S/C8H13N3O/c1-3-12-5-7-4-10-8(9)11-6(7)2/h4H,3,5H2,1-2H3,(H2,9,10,11). The molecule has 1 aromatic rings. The molecule has 0 aliphatic rings. The molecule has 0 amide bonds. The monoisotopic (exact) mass is 167 g/mol. The van der Waals surface area contributed by atoms with Gasteiger partial charge >= 0.3 is 0 Å². The smallest absolute Gasteiger partial charge is 0.220 e. The maximum absolute atomic E-state index is 5.39. The molecule has 1 rings (SSSR count). The van der Waals surface area contributed by atoms with Crippen LogP contribution >= 0.6 is 0 Å². The lowest BCUT2D eigenvalue weighted by molar-refractivity contribution is 0.133. The number of hydrogen-bond donors (Lipinski definition) is 1. The van der Waals surface area contributed by atoms with Crippen molar-refractivity contribution >= 4 is 5.95 Å². The van der Waals surface area contributed by atoms with Crippen LogP contribution in [0.1, 0.15) is 18.2 Å². The number of hydrogen-bond acceptors (Lipinski definition) is 4. The van der Waals surface area contributed by atoms with Crippen molar-refractivity contribution < 1.29 is 4.74 Å². The number of rotatable bonds is 3. The van der Waals surface area contributed by atoms with Crippen LogP contribution in [0.25, 0.3) is 0 Å². The highest BCUT2D eigenvalue weighted by molar-refractivity contribution is 5.23. The zero-order valence-corrected chi connectivity index (χ0v) is 7.37. The van der Waals surface area contributed by atoms with Gasteiger partial charge in [-0.25, -0.2) is 9.97 Å². The molecular weight excluding hydrogens is 154 g/mol. The summed E-state index contributed by atoms with van der Waals surface area (Å²) in [6, 6.07) is 0. The SMILES string of the molecule is CCOCc1cnc(N)nc1C. The second kappa shape index (κ2) is 4.01. The van der Waals surface area contributed by atoms with Crippen molar-refractivity contribution in [1.82, 2.24) is 9.97 Å². The summed E-state index contributed by atoms with van der Waals surface area (Å²) in [5.74, 6) is 0.313. The van der Waals surface area contributed by atoms with Crippen molar-refractivity contribution in [2.24, 2.45) is 0 Å². The molecule has 0 saturated heterocycles. The van der Waals surface area contributed by atoms with Crippen molar-refractivity contribution in [2.75, 3.05) is 12.3 Å². The summed E-state index contributed by atoms with van der Waals surface area (Å²) in [5, 5.41) is 0. The van der Waals surface area contributed by atoms with Gasteiger partial charge in [-0.05, 0) is 13.8 Å². The summed E-state index contributed by atoms with van der Waals surface area (Å²) >= 11 is 0. The van der Waals surface area contributed by atoms with Crippen LogP contribution in [0.3, 0.4) is 0 Å². The number of anilines is 1. The lowest BCUT2D eigenvalue weighted by Gasteiger charge is -2.04. The van der Waals surface area contributed by atoms with Gasteiger partial charge in [-0.2, -0.15) is 0 Å². The van der Waals surface area contributed by atoms with Crippen molar-refractivity contribution in [2.45, 2.75) is 20.5 Å². The zero-order chi connectivity index (χ0) is 8.97. The average molecular weight is 167 g/mol. The number of nitrogens with two attached hydrogens (primary N) is 1. The summed E-state index contributed by atoms with van der Waals surface area (Å²) in [4.78, 5) is 7.89. The van der Waals surface area contributed by atoms with Gasteiger partial charge in [0, 0.05) is 24.1 Å². The summed E-state index contributed by atoms with van der Waals surface area (Å²) in [5.41, 5.74) is 7.27. The lowest BCUT2D eigenvalue weighted by Crippen LogP contribution is -2.02. The second-order valence-electron chi connectivity index (χ2n) is 2.48. The summed E-state index contributed by atoms with van der Waals surface area (Å²) in [6.07, 6.45) is 1.70. The summed E-state index contributed by atoms with van der Waals surface area (Å²) in [6.45, 7) is 5.10. The molecule has 4 nitrogen and oxygen atoms in total. The maximum Gasteiger partial charge on any atom is 0.220 e. The Hall–Kier alpha value is -1.16. The Kier molecular flexibility index (Phi) is 2.99. The highest BCUT2D eigenvalue weighted by Gasteiger charge is 1.99. The fraction of sp³-hybridized carbons (Fsp3) is 0.500. The number of nitrogens with zero attached hydrogens (tertiary/aromatic N) is 2. The van der Waals surface area contributed by atoms with E-state index in [-0.39, 0.29) is 0 Å². The van der Waals surface area contributed by atoms with Crippen LogP contribution in [0.5, 0.6) is 0 Å². The van der Waals surface area contributed by atoms with E-state index in [2.05, 4.69) is 9.97 Å². The number of aryl methyl sites for hydroxylation is 1. The van der Waals surface area contributed by atoms with Gasteiger partial charge in [-0.15, -0.1) is 0 Å². The molecule has 1 aromatic heterocycles. The number of ether oxygens (including phenoxy) is 1. The maximum atomic E-state index is 5.39. The molecule has 0 fully saturated rings. The first-order valence-electron chi connectivity index (χ1n) is 3.89. The Labute approximate surface area is 71.8 Å². The van der Waals surface area contributed by atoms with Crippen LogP contribution in [0.2, 0.25) is 0 Å². The van der Waals surface area contributed by atoms with Crippen LogP contribution in [-0.4, -0.2) is 16.6 Å². The van der Waals surface area contributed by atoms with Gasteiger partial charge in [0.15, 0.2) is 0 Å². The molecule has 2 N–H and O–H groups in total. The van der Waals surface area contributed by atoms with Crippen LogP contribution < -0.4 is 5.73 Å². The van der Waals surface area contributed by atoms with Gasteiger partial charge < -0.3 is 10.5 Å². The van der Waals surface area contributed by atoms with E-state index < -0.39 is 0 Å². The first-order chi connectivity index (χ1) is 5.74. The van der Waals surface area contributed by atoms with E-state index in [9.17, 15) is 0 Å². The van der Waals surface area contributed by atoms with Crippen LogP contribution in [0.4, 0.5) is 5.95 Å². The van der Waals surface area contributed by atoms with Crippen LogP contribution in [0, 0.1) is 6.92 Å². The molecule has 4 heteroatoms. The van der Waals surface area contributed by atoms with E-state index in [1.807, 2.05) is 13.8 Å². The fourth-order valence-electron chi connectivity index (χ4n) is 0.864. The Morgan fingerprint density at radius 3 is 2.92 bits per heavy atom. The molecule has 0 unspecified atom stereocenters. The molecule has 0 saturated carbocycles. The first kappa shape index (κ1) is 8.93. The third-order valence-corrected chi connectivity index (χ3v) is 1.56. The predicted molar refractivity (Wildman–Crippen MR) is 46.5 cm³/mol. The minimum absolute atomic E-state index is 0.313. The molecule has 0 aliphatic carbocycles. The molecule has 0 radical (unpaired) electrons. The van der Waals surface area contributed by atoms with E-state index >= 15 is 0 Å². The Balaban J connectivity index is 2.72. The van der Waals surface area contributed by atoms with Gasteiger partial charge in [0.1, 0.15) is 0 Å². The quantitative estimate of drug-likeness (QED) is 0.726. The van der Waals surface area contributed by atoms with Gasteiger partial charge in [0.25, 0.3) is 0 Å². The largest absolute Gasteiger partial charge is 0.377 e. The first-order valence-corrected chi connectivity index (χ1v) is 3.89. The van der Waals surface area contributed by atoms with Crippen LogP contribution in [-0.2, 0) is 11.3 Å². The lowest BCUT2D eigenvalue weighted by atomic mass is 10.2. The van der Waals surface area contributed by atoms with E-state index in [4.69, 9.17) is 10.5 Å². The van der Waals surface area contributed by atoms with Gasteiger partial charge in [0.05, 0.1) is 6.61 Å². The number of nitrogen functional groups attached to an aromatic ring is 1. The number of aromatic nitrogens is 2. The molecule has 66 valence electrons. The predicted octanol–water partition coefficient (Wildman–Crippen LogP) is 0.904. The van der Waals surface area contributed by atoms with Gasteiger partial charge in [-0.3, -0.25) is 0 Å². The van der Waals surface area contributed by atoms with Crippen molar-refractivity contribution in [3.8, 4) is 0 Å². The Morgan fingerprint density at radius 1 is 1.58 bits per heavy atom. The minimum atomic E-state index is 0.313. The highest BCUT2D eigenvalue weighted by Crippen LogP contribution is 2.05. The fourth-order valence-corrected chi connectivity index (χ4v) is 0.864. The second-order valence-corrected chi connectivity index (χ2v) is 2.48. The molecule has 1 heterocycles.